The first-order valence-electron chi connectivity index (χ1n) is 4.63. The van der Waals surface area contributed by atoms with E-state index in [1.165, 1.54) is 29.9 Å². The Balaban J connectivity index is 2.46. The molecule has 0 saturated carbocycles. The molecule has 1 aliphatic rings. The Hall–Kier alpha value is -0.990. The molecule has 0 amide bonds. The van der Waals surface area contributed by atoms with Gasteiger partial charge in [-0.05, 0) is 26.2 Å². The summed E-state index contributed by atoms with van der Waals surface area (Å²) < 4.78 is 2.06. The molecule has 1 aromatic rings. The molecule has 1 aromatic heterocycles. The van der Waals surface area contributed by atoms with Crippen molar-refractivity contribution in [3.63, 3.8) is 0 Å². The summed E-state index contributed by atoms with van der Waals surface area (Å²) in [6.07, 6.45) is 3.64. The zero-order valence-electron chi connectivity index (χ0n) is 7.72. The van der Waals surface area contributed by atoms with Crippen molar-refractivity contribution < 1.29 is 0 Å². The van der Waals surface area contributed by atoms with Crippen molar-refractivity contribution in [1.29, 1.82) is 0 Å². The third-order valence-corrected chi connectivity index (χ3v) is 2.51. The van der Waals surface area contributed by atoms with Crippen LogP contribution >= 0.6 is 0 Å². The molecule has 1 N–H and O–H groups in total. The van der Waals surface area contributed by atoms with Crippen molar-refractivity contribution in [2.24, 2.45) is 0 Å². The number of hydrogen-bond donors (Lipinski definition) is 1. The molecule has 0 fully saturated rings. The maximum atomic E-state index is 4.53. The van der Waals surface area contributed by atoms with Crippen LogP contribution in [0.15, 0.2) is 0 Å². The molecular formula is C9H15N3. The molecule has 3 heteroatoms. The van der Waals surface area contributed by atoms with Gasteiger partial charge in [0.15, 0.2) is 0 Å². The molecule has 0 radical (unpaired) electrons. The van der Waals surface area contributed by atoms with Crippen LogP contribution in [0.1, 0.15) is 24.6 Å². The van der Waals surface area contributed by atoms with Gasteiger partial charge in [0.2, 0.25) is 0 Å². The van der Waals surface area contributed by atoms with Gasteiger partial charge in [-0.25, -0.2) is 4.68 Å². The van der Waals surface area contributed by atoms with E-state index in [0.717, 1.165) is 13.0 Å². The second kappa shape index (κ2) is 2.81. The number of nitrogens with one attached hydrogen (secondary N) is 1. The number of aryl methyl sites for hydroxylation is 2. The molecule has 2 rings (SSSR count). The fourth-order valence-electron chi connectivity index (χ4n) is 1.95. The van der Waals surface area contributed by atoms with E-state index in [1.807, 2.05) is 7.05 Å². The first-order valence-corrected chi connectivity index (χ1v) is 4.63. The molecule has 12 heavy (non-hydrogen) atoms. The Labute approximate surface area is 72.8 Å². The molecule has 66 valence electrons. The van der Waals surface area contributed by atoms with E-state index in [9.17, 15) is 0 Å². The van der Waals surface area contributed by atoms with Gasteiger partial charge in [0, 0.05) is 19.2 Å². The first kappa shape index (κ1) is 7.65. The quantitative estimate of drug-likeness (QED) is 0.718. The minimum atomic E-state index is 0.961. The van der Waals surface area contributed by atoms with Gasteiger partial charge in [-0.3, -0.25) is 0 Å². The lowest BCUT2D eigenvalue weighted by atomic mass is 10.2. The highest BCUT2D eigenvalue weighted by atomic mass is 15.3. The lowest BCUT2D eigenvalue weighted by Crippen LogP contribution is -2.04. The third kappa shape index (κ3) is 0.924. The number of fused-ring (bicyclic) bond motifs is 1. The maximum Gasteiger partial charge on any atom is 0.127 e. The summed E-state index contributed by atoms with van der Waals surface area (Å²) in [7, 11) is 1.97. The Morgan fingerprint density at radius 2 is 2.33 bits per heavy atom. The van der Waals surface area contributed by atoms with Crippen LogP contribution in [0, 0.1) is 0 Å². The summed E-state index contributed by atoms with van der Waals surface area (Å²) in [5.74, 6) is 1.23. The largest absolute Gasteiger partial charge is 0.373 e. The SMILES string of the molecule is CCn1nc2c(c1NC)CCC2. The molecule has 0 saturated heterocycles. The average Bonchev–Trinajstić information content (AvgIpc) is 2.61. The number of anilines is 1. The highest BCUT2D eigenvalue weighted by molar-refractivity contribution is 5.49. The predicted octanol–water partition coefficient (Wildman–Crippen LogP) is 1.43. The van der Waals surface area contributed by atoms with Crippen LogP contribution in [0.4, 0.5) is 5.82 Å². The Morgan fingerprint density at radius 3 is 3.00 bits per heavy atom. The van der Waals surface area contributed by atoms with Gasteiger partial charge >= 0.3 is 0 Å². The molecule has 0 unspecified atom stereocenters. The van der Waals surface area contributed by atoms with E-state index in [1.54, 1.807) is 0 Å². The maximum absolute atomic E-state index is 4.53. The predicted molar refractivity (Wildman–Crippen MR) is 49.5 cm³/mol. The van der Waals surface area contributed by atoms with Gasteiger partial charge in [0.1, 0.15) is 5.82 Å². The second-order valence-corrected chi connectivity index (χ2v) is 3.19. The van der Waals surface area contributed by atoms with Crippen LogP contribution in [0.2, 0.25) is 0 Å². The molecule has 0 bridgehead atoms. The van der Waals surface area contributed by atoms with E-state index < -0.39 is 0 Å². The molecule has 0 aromatic carbocycles. The summed E-state index contributed by atoms with van der Waals surface area (Å²) >= 11 is 0. The van der Waals surface area contributed by atoms with E-state index in [0.29, 0.717) is 0 Å². The van der Waals surface area contributed by atoms with Crippen molar-refractivity contribution in [2.45, 2.75) is 32.7 Å². The zero-order chi connectivity index (χ0) is 8.55. The van der Waals surface area contributed by atoms with E-state index in [2.05, 4.69) is 22.0 Å². The van der Waals surface area contributed by atoms with Crippen LogP contribution < -0.4 is 5.32 Å². The monoisotopic (exact) mass is 165 g/mol. The Morgan fingerprint density at radius 1 is 1.50 bits per heavy atom. The zero-order valence-corrected chi connectivity index (χ0v) is 7.72. The number of aromatic nitrogens is 2. The molecule has 3 nitrogen and oxygen atoms in total. The number of hydrogen-bond acceptors (Lipinski definition) is 2. The minimum Gasteiger partial charge on any atom is -0.373 e. The molecule has 0 aliphatic heterocycles. The highest BCUT2D eigenvalue weighted by Gasteiger charge is 2.20. The second-order valence-electron chi connectivity index (χ2n) is 3.19. The van der Waals surface area contributed by atoms with Crippen molar-refractivity contribution >= 4 is 5.82 Å². The van der Waals surface area contributed by atoms with Gasteiger partial charge in [0.25, 0.3) is 0 Å². The lowest BCUT2D eigenvalue weighted by Gasteiger charge is -2.04. The molecular weight excluding hydrogens is 150 g/mol. The standard InChI is InChI=1S/C9H15N3/c1-3-12-9(10-2)7-5-4-6-8(7)11-12/h10H,3-6H2,1-2H3. The molecule has 0 spiro atoms. The summed E-state index contributed by atoms with van der Waals surface area (Å²) in [4.78, 5) is 0. The summed E-state index contributed by atoms with van der Waals surface area (Å²) in [5.41, 5.74) is 2.75. The topological polar surface area (TPSA) is 29.9 Å². The Bertz CT molecular complexity index is 288. The first-order chi connectivity index (χ1) is 5.86. The van der Waals surface area contributed by atoms with Crippen molar-refractivity contribution in [3.8, 4) is 0 Å². The lowest BCUT2D eigenvalue weighted by molar-refractivity contribution is 0.647. The Kier molecular flexibility index (Phi) is 1.79. The number of nitrogens with zero attached hydrogens (tertiary/aromatic N) is 2. The van der Waals surface area contributed by atoms with Gasteiger partial charge in [0.05, 0.1) is 5.69 Å². The van der Waals surface area contributed by atoms with Crippen LogP contribution in [0.3, 0.4) is 0 Å². The summed E-state index contributed by atoms with van der Waals surface area (Å²) in [5, 5.41) is 7.76. The summed E-state index contributed by atoms with van der Waals surface area (Å²) in [6.45, 7) is 3.09. The van der Waals surface area contributed by atoms with Gasteiger partial charge in [-0.1, -0.05) is 0 Å². The van der Waals surface area contributed by atoms with Crippen LogP contribution in [0.5, 0.6) is 0 Å². The van der Waals surface area contributed by atoms with Crippen LogP contribution in [-0.4, -0.2) is 16.8 Å². The minimum absolute atomic E-state index is 0.961. The number of rotatable bonds is 2. The summed E-state index contributed by atoms with van der Waals surface area (Å²) in [6, 6.07) is 0. The highest BCUT2D eigenvalue weighted by Crippen LogP contribution is 2.27. The van der Waals surface area contributed by atoms with Gasteiger partial charge < -0.3 is 5.32 Å². The smallest absolute Gasteiger partial charge is 0.127 e. The van der Waals surface area contributed by atoms with Crippen LogP contribution in [0.25, 0.3) is 0 Å². The molecule has 0 atom stereocenters. The van der Waals surface area contributed by atoms with E-state index >= 15 is 0 Å². The van der Waals surface area contributed by atoms with Crippen molar-refractivity contribution in [2.75, 3.05) is 12.4 Å². The molecule has 1 aliphatic carbocycles. The van der Waals surface area contributed by atoms with Gasteiger partial charge in [-0.2, -0.15) is 5.10 Å². The van der Waals surface area contributed by atoms with Crippen molar-refractivity contribution in [3.05, 3.63) is 11.3 Å². The van der Waals surface area contributed by atoms with Crippen LogP contribution in [-0.2, 0) is 19.4 Å². The molecule has 1 heterocycles. The van der Waals surface area contributed by atoms with Gasteiger partial charge in [-0.15, -0.1) is 0 Å². The normalized spacial score (nSPS) is 14.8. The third-order valence-electron chi connectivity index (χ3n) is 2.51. The van der Waals surface area contributed by atoms with E-state index in [-0.39, 0.29) is 0 Å². The van der Waals surface area contributed by atoms with E-state index in [4.69, 9.17) is 0 Å². The average molecular weight is 165 g/mol. The fraction of sp³-hybridized carbons (Fsp3) is 0.667. The fourth-order valence-corrected chi connectivity index (χ4v) is 1.95. The van der Waals surface area contributed by atoms with Crippen molar-refractivity contribution in [1.82, 2.24) is 9.78 Å².